The Morgan fingerprint density at radius 1 is 1.08 bits per heavy atom. The summed E-state index contributed by atoms with van der Waals surface area (Å²) in [6.45, 7) is 4.43. The van der Waals surface area contributed by atoms with E-state index in [9.17, 15) is 14.4 Å². The van der Waals surface area contributed by atoms with Crippen molar-refractivity contribution in [1.82, 2.24) is 15.1 Å². The number of fused-ring (bicyclic) bond motifs is 1. The number of nitrogens with one attached hydrogen (secondary N) is 2. The second kappa shape index (κ2) is 13.9. The molecule has 3 N–H and O–H groups in total. The second-order valence-electron chi connectivity index (χ2n) is 10.5. The predicted molar refractivity (Wildman–Crippen MR) is 150 cm³/mol. The lowest BCUT2D eigenvalue weighted by atomic mass is 9.86. The van der Waals surface area contributed by atoms with Crippen LogP contribution in [0.2, 0.25) is 0 Å². The van der Waals surface area contributed by atoms with E-state index in [4.69, 9.17) is 9.90 Å². The minimum atomic E-state index is -0.550. The Kier molecular flexibility index (Phi) is 10.6. The van der Waals surface area contributed by atoms with Crippen LogP contribution in [0.4, 0.5) is 5.69 Å². The highest BCUT2D eigenvalue weighted by molar-refractivity contribution is 5.98. The fourth-order valence-electron chi connectivity index (χ4n) is 5.73. The van der Waals surface area contributed by atoms with E-state index >= 15 is 0 Å². The first kappa shape index (κ1) is 29.8. The fourth-order valence-corrected chi connectivity index (χ4v) is 5.73. The minimum absolute atomic E-state index is 0.0290. The number of amides is 3. The van der Waals surface area contributed by atoms with Gasteiger partial charge in [0.2, 0.25) is 17.7 Å². The molecule has 1 saturated heterocycles. The molecule has 2 aliphatic rings. The van der Waals surface area contributed by atoms with Gasteiger partial charge >= 0.3 is 0 Å². The number of carbonyl (C=O) groups excluding carboxylic acids is 3. The summed E-state index contributed by atoms with van der Waals surface area (Å²) in [4.78, 5) is 52.0. The first-order valence-electron chi connectivity index (χ1n) is 13.5. The molecule has 2 aromatic carbocycles. The van der Waals surface area contributed by atoms with E-state index in [1.165, 1.54) is 11.1 Å². The Bertz CT molecular complexity index is 1140. The number of anilines is 1. The molecule has 2 atom stereocenters. The molecule has 0 aromatic heterocycles. The van der Waals surface area contributed by atoms with Crippen molar-refractivity contribution in [3.63, 3.8) is 0 Å². The van der Waals surface area contributed by atoms with Gasteiger partial charge in [-0.1, -0.05) is 69.2 Å². The number of nitrogens with zero attached hydrogens (tertiary/aromatic N) is 2. The molecule has 2 aromatic rings. The smallest absolute Gasteiger partial charge is 0.290 e. The lowest BCUT2D eigenvalue weighted by molar-refractivity contribution is -0.154. The molecule has 39 heavy (non-hydrogen) atoms. The van der Waals surface area contributed by atoms with Crippen molar-refractivity contribution in [3.05, 3.63) is 65.2 Å². The molecule has 3 amide bonds. The summed E-state index contributed by atoms with van der Waals surface area (Å²) >= 11 is 0. The monoisotopic (exact) mass is 536 g/mol. The van der Waals surface area contributed by atoms with Crippen LogP contribution in [0, 0.1) is 11.8 Å². The van der Waals surface area contributed by atoms with E-state index < -0.39 is 12.1 Å². The number of rotatable bonds is 9. The summed E-state index contributed by atoms with van der Waals surface area (Å²) in [6.07, 6.45) is 3.18. The van der Waals surface area contributed by atoms with Gasteiger partial charge < -0.3 is 25.5 Å². The van der Waals surface area contributed by atoms with Crippen molar-refractivity contribution in [2.75, 3.05) is 26.0 Å². The van der Waals surface area contributed by atoms with Gasteiger partial charge in [0.25, 0.3) is 6.47 Å². The standard InChI is InChI=1S/C29H38N4O3.CH2O2/c1-5-19(6-2)27-28(35)31-26(23-15-20-11-7-8-12-21(20)16-23)29(36)33(27)17-22-13-9-10-14-24(22)30-25(34)18-32(3)4;2-1-3/h7-14,19,23,26-27H,5-6,15-18H2,1-4H3,(H,30,34)(H,31,35);1H,(H,2,3)/t26-,27-;/m1./s1. The van der Waals surface area contributed by atoms with Crippen LogP contribution in [0.3, 0.4) is 0 Å². The number of para-hydroxylation sites is 1. The molecule has 9 nitrogen and oxygen atoms in total. The summed E-state index contributed by atoms with van der Waals surface area (Å²) in [6, 6.07) is 14.8. The molecular weight excluding hydrogens is 496 g/mol. The number of carboxylic acid groups (broad SMARTS) is 1. The topological polar surface area (TPSA) is 119 Å². The summed E-state index contributed by atoms with van der Waals surface area (Å²) in [5.74, 6) is -0.115. The number of benzene rings is 2. The number of hydrogen-bond acceptors (Lipinski definition) is 5. The number of likely N-dealkylation sites (N-methyl/N-ethyl adjacent to an activating group) is 1. The molecule has 1 heterocycles. The Balaban J connectivity index is 0.00000134. The Morgan fingerprint density at radius 3 is 2.21 bits per heavy atom. The Labute approximate surface area is 230 Å². The quantitative estimate of drug-likeness (QED) is 0.424. The molecule has 1 fully saturated rings. The summed E-state index contributed by atoms with van der Waals surface area (Å²) in [5, 5.41) is 13.0. The van der Waals surface area contributed by atoms with E-state index in [0.29, 0.717) is 5.69 Å². The molecule has 1 aliphatic carbocycles. The van der Waals surface area contributed by atoms with Gasteiger partial charge in [-0.3, -0.25) is 19.2 Å². The predicted octanol–water partition coefficient (Wildman–Crippen LogP) is 2.93. The maximum absolute atomic E-state index is 14.1. The Hall–Kier alpha value is -3.72. The molecule has 4 rings (SSSR count). The van der Waals surface area contributed by atoms with E-state index in [0.717, 1.165) is 31.2 Å². The molecule has 0 spiro atoms. The van der Waals surface area contributed by atoms with Gasteiger partial charge in [-0.15, -0.1) is 0 Å². The zero-order valence-corrected chi connectivity index (χ0v) is 23.2. The fraction of sp³-hybridized carbons (Fsp3) is 0.467. The summed E-state index contributed by atoms with van der Waals surface area (Å²) in [5.41, 5.74) is 4.02. The van der Waals surface area contributed by atoms with Gasteiger partial charge in [-0.2, -0.15) is 0 Å². The molecular formula is C30H40N4O5. The van der Waals surface area contributed by atoms with Gasteiger partial charge in [-0.25, -0.2) is 0 Å². The third-order valence-electron chi connectivity index (χ3n) is 7.59. The van der Waals surface area contributed by atoms with E-state index in [1.54, 1.807) is 4.90 Å². The maximum atomic E-state index is 14.1. The van der Waals surface area contributed by atoms with Crippen LogP contribution in [-0.2, 0) is 38.6 Å². The van der Waals surface area contributed by atoms with Gasteiger partial charge in [-0.05, 0) is 61.5 Å². The van der Waals surface area contributed by atoms with Crippen LogP contribution in [0.1, 0.15) is 43.4 Å². The average molecular weight is 537 g/mol. The normalized spacial score (nSPS) is 18.9. The highest BCUT2D eigenvalue weighted by Gasteiger charge is 2.47. The van der Waals surface area contributed by atoms with Gasteiger partial charge in [0.15, 0.2) is 0 Å². The van der Waals surface area contributed by atoms with E-state index in [2.05, 4.69) is 36.6 Å². The van der Waals surface area contributed by atoms with Crippen molar-refractivity contribution in [2.24, 2.45) is 11.8 Å². The molecule has 210 valence electrons. The van der Waals surface area contributed by atoms with Gasteiger partial charge in [0, 0.05) is 12.2 Å². The maximum Gasteiger partial charge on any atom is 0.290 e. The van der Waals surface area contributed by atoms with Crippen LogP contribution >= 0.6 is 0 Å². The third-order valence-corrected chi connectivity index (χ3v) is 7.59. The number of hydrogen-bond donors (Lipinski definition) is 3. The SMILES string of the molecule is CCC(CC)[C@@H]1C(=O)N[C@H](C2Cc3ccccc3C2)C(=O)N1Cc1ccccc1NC(=O)CN(C)C.O=CO. The second-order valence-corrected chi connectivity index (χ2v) is 10.5. The highest BCUT2D eigenvalue weighted by Crippen LogP contribution is 2.34. The van der Waals surface area contributed by atoms with Crippen molar-refractivity contribution in [2.45, 2.75) is 58.2 Å². The highest BCUT2D eigenvalue weighted by atomic mass is 16.3. The number of piperazine rings is 1. The van der Waals surface area contributed by atoms with Crippen molar-refractivity contribution in [1.29, 1.82) is 0 Å². The molecule has 0 bridgehead atoms. The summed E-state index contributed by atoms with van der Waals surface area (Å²) in [7, 11) is 3.69. The molecule has 0 unspecified atom stereocenters. The minimum Gasteiger partial charge on any atom is -0.483 e. The van der Waals surface area contributed by atoms with Crippen molar-refractivity contribution in [3.8, 4) is 0 Å². The van der Waals surface area contributed by atoms with Crippen LogP contribution in [0.5, 0.6) is 0 Å². The first-order chi connectivity index (χ1) is 18.7. The zero-order valence-electron chi connectivity index (χ0n) is 23.2. The van der Waals surface area contributed by atoms with Crippen molar-refractivity contribution >= 4 is 29.9 Å². The van der Waals surface area contributed by atoms with Crippen LogP contribution in [-0.4, -0.2) is 71.8 Å². The molecule has 1 aliphatic heterocycles. The lowest BCUT2D eigenvalue weighted by Crippen LogP contribution is -2.66. The molecule has 0 saturated carbocycles. The van der Waals surface area contributed by atoms with Gasteiger partial charge in [0.1, 0.15) is 12.1 Å². The summed E-state index contributed by atoms with van der Waals surface area (Å²) < 4.78 is 0. The van der Waals surface area contributed by atoms with Crippen molar-refractivity contribution < 1.29 is 24.3 Å². The van der Waals surface area contributed by atoms with Crippen LogP contribution in [0.25, 0.3) is 0 Å². The van der Waals surface area contributed by atoms with Gasteiger partial charge in [0.05, 0.1) is 6.54 Å². The lowest BCUT2D eigenvalue weighted by Gasteiger charge is -2.44. The largest absolute Gasteiger partial charge is 0.483 e. The average Bonchev–Trinajstić information content (AvgIpc) is 3.33. The van der Waals surface area contributed by atoms with Crippen LogP contribution in [0.15, 0.2) is 48.5 Å². The Morgan fingerprint density at radius 2 is 1.64 bits per heavy atom. The zero-order chi connectivity index (χ0) is 28.5. The number of carbonyl (C=O) groups is 4. The van der Waals surface area contributed by atoms with E-state index in [-0.39, 0.29) is 49.1 Å². The molecule has 9 heteroatoms. The molecule has 0 radical (unpaired) electrons. The third kappa shape index (κ3) is 7.23. The van der Waals surface area contributed by atoms with E-state index in [1.807, 2.05) is 55.4 Å². The first-order valence-corrected chi connectivity index (χ1v) is 13.5. The van der Waals surface area contributed by atoms with Crippen LogP contribution < -0.4 is 10.6 Å².